The SMILES string of the molecule is Cn1ccc(C(=O)NC(c2ccccc2)c2ccc(Br)cc2F)cc1=O. The third kappa shape index (κ3) is 3.91. The van der Waals surface area contributed by atoms with Crippen LogP contribution in [0.25, 0.3) is 0 Å². The van der Waals surface area contributed by atoms with E-state index in [1.807, 2.05) is 30.3 Å². The zero-order valence-electron chi connectivity index (χ0n) is 13.9. The average Bonchev–Trinajstić information content (AvgIpc) is 2.63. The molecule has 1 aromatic heterocycles. The zero-order chi connectivity index (χ0) is 18.7. The third-order valence-corrected chi connectivity index (χ3v) is 4.54. The maximum absolute atomic E-state index is 14.5. The smallest absolute Gasteiger partial charge is 0.252 e. The van der Waals surface area contributed by atoms with Gasteiger partial charge < -0.3 is 9.88 Å². The van der Waals surface area contributed by atoms with Crippen LogP contribution < -0.4 is 10.9 Å². The quantitative estimate of drug-likeness (QED) is 0.705. The van der Waals surface area contributed by atoms with E-state index in [1.165, 1.54) is 22.9 Å². The lowest BCUT2D eigenvalue weighted by atomic mass is 9.98. The van der Waals surface area contributed by atoms with Crippen molar-refractivity contribution in [3.8, 4) is 0 Å². The number of aromatic nitrogens is 1. The number of benzene rings is 2. The first-order valence-electron chi connectivity index (χ1n) is 7.93. The van der Waals surface area contributed by atoms with Crippen molar-refractivity contribution in [1.82, 2.24) is 9.88 Å². The number of hydrogen-bond acceptors (Lipinski definition) is 2. The lowest BCUT2D eigenvalue weighted by Gasteiger charge is -2.20. The molecule has 26 heavy (non-hydrogen) atoms. The van der Waals surface area contributed by atoms with Crippen molar-refractivity contribution in [2.45, 2.75) is 6.04 Å². The highest BCUT2D eigenvalue weighted by Crippen LogP contribution is 2.27. The maximum Gasteiger partial charge on any atom is 0.252 e. The van der Waals surface area contributed by atoms with Crippen LogP contribution in [0.2, 0.25) is 0 Å². The molecule has 0 spiro atoms. The van der Waals surface area contributed by atoms with E-state index in [9.17, 15) is 14.0 Å². The molecule has 0 fully saturated rings. The van der Waals surface area contributed by atoms with E-state index in [0.29, 0.717) is 10.0 Å². The van der Waals surface area contributed by atoms with Crippen molar-refractivity contribution >= 4 is 21.8 Å². The second kappa shape index (κ2) is 7.66. The molecule has 0 bridgehead atoms. The summed E-state index contributed by atoms with van der Waals surface area (Å²) in [7, 11) is 1.61. The molecule has 0 saturated heterocycles. The number of nitrogens with zero attached hydrogens (tertiary/aromatic N) is 1. The van der Waals surface area contributed by atoms with E-state index in [0.717, 1.165) is 5.56 Å². The first kappa shape index (κ1) is 18.1. The average molecular weight is 415 g/mol. The van der Waals surface area contributed by atoms with Gasteiger partial charge >= 0.3 is 0 Å². The summed E-state index contributed by atoms with van der Waals surface area (Å²) in [6, 6.07) is 16.0. The first-order chi connectivity index (χ1) is 12.5. The molecule has 1 heterocycles. The van der Waals surface area contributed by atoms with Gasteiger partial charge in [-0.05, 0) is 23.8 Å². The summed E-state index contributed by atoms with van der Waals surface area (Å²) in [6.45, 7) is 0. The molecule has 0 radical (unpaired) electrons. The molecule has 1 amide bonds. The minimum Gasteiger partial charge on any atom is -0.341 e. The number of hydrogen-bond donors (Lipinski definition) is 1. The molecule has 132 valence electrons. The predicted octanol–water partition coefficient (Wildman–Crippen LogP) is 3.81. The number of nitrogens with one attached hydrogen (secondary N) is 1. The second-order valence-electron chi connectivity index (χ2n) is 5.85. The molecule has 2 aromatic carbocycles. The normalized spacial score (nSPS) is 11.8. The fourth-order valence-corrected chi connectivity index (χ4v) is 2.96. The van der Waals surface area contributed by atoms with Crippen LogP contribution in [-0.4, -0.2) is 10.5 Å². The summed E-state index contributed by atoms with van der Waals surface area (Å²) in [5.41, 5.74) is 1.03. The van der Waals surface area contributed by atoms with Gasteiger partial charge in [0.2, 0.25) is 0 Å². The largest absolute Gasteiger partial charge is 0.341 e. The number of rotatable bonds is 4. The van der Waals surface area contributed by atoms with E-state index in [2.05, 4.69) is 21.2 Å². The summed E-state index contributed by atoms with van der Waals surface area (Å²) in [5.74, 6) is -0.878. The van der Waals surface area contributed by atoms with Crippen LogP contribution in [0.5, 0.6) is 0 Å². The van der Waals surface area contributed by atoms with E-state index >= 15 is 0 Å². The highest BCUT2D eigenvalue weighted by molar-refractivity contribution is 9.10. The highest BCUT2D eigenvalue weighted by Gasteiger charge is 2.21. The van der Waals surface area contributed by atoms with Crippen molar-refractivity contribution in [2.75, 3.05) is 0 Å². The van der Waals surface area contributed by atoms with E-state index in [4.69, 9.17) is 0 Å². The molecule has 6 heteroatoms. The zero-order valence-corrected chi connectivity index (χ0v) is 15.5. The Morgan fingerprint density at radius 3 is 2.50 bits per heavy atom. The maximum atomic E-state index is 14.5. The second-order valence-corrected chi connectivity index (χ2v) is 6.76. The number of pyridine rings is 1. The number of carbonyl (C=O) groups excluding carboxylic acids is 1. The number of amides is 1. The lowest BCUT2D eigenvalue weighted by molar-refractivity contribution is 0.0942. The van der Waals surface area contributed by atoms with Gasteiger partial charge in [0.05, 0.1) is 6.04 Å². The van der Waals surface area contributed by atoms with Gasteiger partial charge in [0, 0.05) is 34.9 Å². The van der Waals surface area contributed by atoms with E-state index in [1.54, 1.807) is 25.2 Å². The van der Waals surface area contributed by atoms with Crippen LogP contribution >= 0.6 is 15.9 Å². The van der Waals surface area contributed by atoms with Gasteiger partial charge in [-0.25, -0.2) is 4.39 Å². The molecule has 4 nitrogen and oxygen atoms in total. The van der Waals surface area contributed by atoms with E-state index < -0.39 is 17.8 Å². The van der Waals surface area contributed by atoms with Crippen molar-refractivity contribution in [2.24, 2.45) is 7.05 Å². The fraction of sp³-hybridized carbons (Fsp3) is 0.100. The van der Waals surface area contributed by atoms with Gasteiger partial charge in [0.25, 0.3) is 11.5 Å². The first-order valence-corrected chi connectivity index (χ1v) is 8.72. The molecule has 0 aliphatic heterocycles. The van der Waals surface area contributed by atoms with Crippen molar-refractivity contribution in [3.05, 3.63) is 104 Å². The van der Waals surface area contributed by atoms with Crippen molar-refractivity contribution < 1.29 is 9.18 Å². The van der Waals surface area contributed by atoms with Gasteiger partial charge in [0.1, 0.15) is 5.82 Å². The molecular weight excluding hydrogens is 399 g/mol. The minimum absolute atomic E-state index is 0.228. The Bertz CT molecular complexity index is 1000. The fourth-order valence-electron chi connectivity index (χ4n) is 2.63. The van der Waals surface area contributed by atoms with E-state index in [-0.39, 0.29) is 11.1 Å². The third-order valence-electron chi connectivity index (χ3n) is 4.05. The van der Waals surface area contributed by atoms with Crippen LogP contribution in [0.15, 0.2) is 76.1 Å². The standard InChI is InChI=1S/C20H16BrFN2O2/c1-24-10-9-14(11-18(24)25)20(26)23-19(13-5-3-2-4-6-13)16-8-7-15(21)12-17(16)22/h2-12,19H,1H3,(H,23,26). The lowest BCUT2D eigenvalue weighted by Crippen LogP contribution is -2.31. The monoisotopic (exact) mass is 414 g/mol. The number of carbonyl (C=O) groups is 1. The summed E-state index contributed by atoms with van der Waals surface area (Å²) in [5, 5.41) is 2.83. The Hall–Kier alpha value is -2.73. The summed E-state index contributed by atoms with van der Waals surface area (Å²) < 4.78 is 16.5. The van der Waals surface area contributed by atoms with Crippen LogP contribution in [0.1, 0.15) is 27.5 Å². The highest BCUT2D eigenvalue weighted by atomic mass is 79.9. The van der Waals surface area contributed by atoms with Gasteiger partial charge in [-0.2, -0.15) is 0 Å². The van der Waals surface area contributed by atoms with Gasteiger partial charge in [0.15, 0.2) is 0 Å². The molecule has 1 unspecified atom stereocenters. The van der Waals surface area contributed by atoms with Crippen LogP contribution in [0, 0.1) is 5.82 Å². The molecule has 0 aliphatic carbocycles. The molecule has 1 atom stereocenters. The summed E-state index contributed by atoms with van der Waals surface area (Å²) >= 11 is 3.24. The Morgan fingerprint density at radius 1 is 1.12 bits per heavy atom. The Kier molecular flexibility index (Phi) is 5.32. The molecular formula is C20H16BrFN2O2. The Balaban J connectivity index is 1.99. The number of halogens is 2. The molecule has 3 rings (SSSR count). The van der Waals surface area contributed by atoms with Gasteiger partial charge in [-0.1, -0.05) is 52.3 Å². The Labute approximate surface area is 158 Å². The van der Waals surface area contributed by atoms with Crippen LogP contribution in [0.4, 0.5) is 4.39 Å². The summed E-state index contributed by atoms with van der Waals surface area (Å²) in [4.78, 5) is 24.4. The summed E-state index contributed by atoms with van der Waals surface area (Å²) in [6.07, 6.45) is 1.52. The molecule has 3 aromatic rings. The Morgan fingerprint density at radius 2 is 1.85 bits per heavy atom. The molecule has 0 aliphatic rings. The van der Waals surface area contributed by atoms with Crippen LogP contribution in [-0.2, 0) is 7.05 Å². The molecule has 0 saturated carbocycles. The van der Waals surface area contributed by atoms with Crippen molar-refractivity contribution in [3.63, 3.8) is 0 Å². The van der Waals surface area contributed by atoms with Gasteiger partial charge in [-0.15, -0.1) is 0 Å². The van der Waals surface area contributed by atoms with Gasteiger partial charge in [-0.3, -0.25) is 9.59 Å². The topological polar surface area (TPSA) is 51.1 Å². The number of aryl methyl sites for hydroxylation is 1. The molecule has 1 N–H and O–H groups in total. The van der Waals surface area contributed by atoms with Crippen molar-refractivity contribution in [1.29, 1.82) is 0 Å². The predicted molar refractivity (Wildman–Crippen MR) is 102 cm³/mol. The van der Waals surface area contributed by atoms with Crippen LogP contribution in [0.3, 0.4) is 0 Å². The minimum atomic E-state index is -0.680.